The number of nitrogens with one attached hydrogen (secondary N) is 1. The van der Waals surface area contributed by atoms with Crippen LogP contribution in [0.2, 0.25) is 5.02 Å². The van der Waals surface area contributed by atoms with E-state index >= 15 is 0 Å². The molecule has 0 aromatic heterocycles. The van der Waals surface area contributed by atoms with Gasteiger partial charge in [-0.05, 0) is 35.9 Å². The summed E-state index contributed by atoms with van der Waals surface area (Å²) in [7, 11) is 0. The molecule has 6 heteroatoms. The van der Waals surface area contributed by atoms with Crippen LogP contribution in [0.5, 0.6) is 0 Å². The smallest absolute Gasteiger partial charge is 0.337 e. The van der Waals surface area contributed by atoms with Gasteiger partial charge in [0.05, 0.1) is 17.2 Å². The summed E-state index contributed by atoms with van der Waals surface area (Å²) in [6.07, 6.45) is 0. The van der Waals surface area contributed by atoms with E-state index in [9.17, 15) is 9.59 Å². The van der Waals surface area contributed by atoms with Crippen molar-refractivity contribution in [2.75, 3.05) is 5.32 Å². The maximum Gasteiger partial charge on any atom is 0.337 e. The van der Waals surface area contributed by atoms with Crippen LogP contribution in [-0.4, -0.2) is 22.1 Å². The van der Waals surface area contributed by atoms with Crippen molar-refractivity contribution in [3.63, 3.8) is 0 Å². The third-order valence-electron chi connectivity index (χ3n) is 2.86. The molecule has 5 nitrogen and oxygen atoms in total. The van der Waals surface area contributed by atoms with E-state index in [-0.39, 0.29) is 23.1 Å². The van der Waals surface area contributed by atoms with Crippen molar-refractivity contribution in [2.24, 2.45) is 0 Å². The molecule has 3 N–H and O–H groups in total. The Hall–Kier alpha value is -2.37. The molecule has 0 spiro atoms. The van der Waals surface area contributed by atoms with Crippen LogP contribution in [0, 0.1) is 0 Å². The number of carbonyl (C=O) groups excluding carboxylic acids is 1. The van der Waals surface area contributed by atoms with Crippen LogP contribution in [0.3, 0.4) is 0 Å². The van der Waals surface area contributed by atoms with Crippen molar-refractivity contribution in [3.8, 4) is 0 Å². The zero-order chi connectivity index (χ0) is 15.4. The molecule has 0 saturated carbocycles. The standard InChI is InChI=1S/C15H12ClNO4/c16-13-7-11(5-6-12(13)15(20)21)17-14(19)10-3-1-9(8-18)2-4-10/h1-7,18H,8H2,(H,17,19)(H,20,21). The van der Waals surface area contributed by atoms with Gasteiger partial charge < -0.3 is 15.5 Å². The number of aromatic carboxylic acids is 1. The van der Waals surface area contributed by atoms with Gasteiger partial charge in [0, 0.05) is 11.3 Å². The van der Waals surface area contributed by atoms with Crippen LogP contribution < -0.4 is 5.32 Å². The number of anilines is 1. The summed E-state index contributed by atoms with van der Waals surface area (Å²) in [5.74, 6) is -1.48. The summed E-state index contributed by atoms with van der Waals surface area (Å²) >= 11 is 5.83. The van der Waals surface area contributed by atoms with Gasteiger partial charge in [0.1, 0.15) is 0 Å². The Morgan fingerprint density at radius 3 is 2.29 bits per heavy atom. The molecule has 0 aliphatic carbocycles. The van der Waals surface area contributed by atoms with Gasteiger partial charge in [0.25, 0.3) is 5.91 Å². The number of aliphatic hydroxyl groups excluding tert-OH is 1. The Bertz CT molecular complexity index is 683. The summed E-state index contributed by atoms with van der Waals surface area (Å²) in [6, 6.07) is 10.7. The molecular weight excluding hydrogens is 294 g/mol. The van der Waals surface area contributed by atoms with Crippen LogP contribution in [-0.2, 0) is 6.61 Å². The van der Waals surface area contributed by atoms with E-state index in [2.05, 4.69) is 5.32 Å². The SMILES string of the molecule is O=C(Nc1ccc(C(=O)O)c(Cl)c1)c1ccc(CO)cc1. The fourth-order valence-electron chi connectivity index (χ4n) is 1.73. The minimum absolute atomic E-state index is 0.0260. The zero-order valence-corrected chi connectivity index (χ0v) is 11.6. The number of carbonyl (C=O) groups is 2. The fraction of sp³-hybridized carbons (Fsp3) is 0.0667. The van der Waals surface area contributed by atoms with Crippen LogP contribution >= 0.6 is 11.6 Å². The topological polar surface area (TPSA) is 86.6 Å². The molecule has 0 heterocycles. The van der Waals surface area contributed by atoms with E-state index in [4.69, 9.17) is 21.8 Å². The Labute approximate surface area is 125 Å². The lowest BCUT2D eigenvalue weighted by atomic mass is 10.1. The van der Waals surface area contributed by atoms with E-state index in [1.807, 2.05) is 0 Å². The highest BCUT2D eigenvalue weighted by molar-refractivity contribution is 6.33. The molecule has 0 saturated heterocycles. The summed E-state index contributed by atoms with van der Waals surface area (Å²) in [4.78, 5) is 22.9. The molecule has 2 rings (SSSR count). The van der Waals surface area contributed by atoms with Crippen molar-refractivity contribution in [1.29, 1.82) is 0 Å². The first kappa shape index (κ1) is 15.0. The van der Waals surface area contributed by atoms with Gasteiger partial charge in [-0.25, -0.2) is 4.79 Å². The Kier molecular flexibility index (Phi) is 4.57. The molecular formula is C15H12ClNO4. The first-order valence-electron chi connectivity index (χ1n) is 6.05. The first-order chi connectivity index (χ1) is 10.0. The van der Waals surface area contributed by atoms with Crippen molar-refractivity contribution in [2.45, 2.75) is 6.61 Å². The zero-order valence-electron chi connectivity index (χ0n) is 10.8. The monoisotopic (exact) mass is 305 g/mol. The highest BCUT2D eigenvalue weighted by Gasteiger charge is 2.11. The van der Waals surface area contributed by atoms with E-state index in [1.54, 1.807) is 24.3 Å². The average Bonchev–Trinajstić information content (AvgIpc) is 2.47. The molecule has 2 aromatic carbocycles. The first-order valence-corrected chi connectivity index (χ1v) is 6.43. The van der Waals surface area contributed by atoms with E-state index in [0.717, 1.165) is 0 Å². The van der Waals surface area contributed by atoms with Gasteiger partial charge in [-0.1, -0.05) is 23.7 Å². The molecule has 0 fully saturated rings. The molecule has 21 heavy (non-hydrogen) atoms. The minimum atomic E-state index is -1.13. The number of carboxylic acid groups (broad SMARTS) is 1. The van der Waals surface area contributed by atoms with Gasteiger partial charge >= 0.3 is 5.97 Å². The van der Waals surface area contributed by atoms with Crippen molar-refractivity contribution >= 4 is 29.2 Å². The van der Waals surface area contributed by atoms with E-state index in [1.165, 1.54) is 18.2 Å². The maximum atomic E-state index is 12.0. The van der Waals surface area contributed by atoms with E-state index < -0.39 is 5.97 Å². The quantitative estimate of drug-likeness (QED) is 0.810. The number of hydrogen-bond acceptors (Lipinski definition) is 3. The number of benzene rings is 2. The molecule has 1 amide bonds. The third-order valence-corrected chi connectivity index (χ3v) is 3.17. The average molecular weight is 306 g/mol. The maximum absolute atomic E-state index is 12.0. The van der Waals surface area contributed by atoms with Crippen molar-refractivity contribution in [1.82, 2.24) is 0 Å². The lowest BCUT2D eigenvalue weighted by Gasteiger charge is -2.07. The second-order valence-electron chi connectivity index (χ2n) is 4.31. The lowest BCUT2D eigenvalue weighted by molar-refractivity contribution is 0.0697. The predicted molar refractivity (Wildman–Crippen MR) is 78.7 cm³/mol. The van der Waals surface area contributed by atoms with Gasteiger partial charge in [0.2, 0.25) is 0 Å². The summed E-state index contributed by atoms with van der Waals surface area (Å²) in [6.45, 7) is -0.0891. The molecule has 0 aliphatic rings. The normalized spacial score (nSPS) is 10.2. The second-order valence-corrected chi connectivity index (χ2v) is 4.72. The highest BCUT2D eigenvalue weighted by Crippen LogP contribution is 2.21. The molecule has 0 radical (unpaired) electrons. The van der Waals surface area contributed by atoms with Gasteiger partial charge in [-0.15, -0.1) is 0 Å². The molecule has 2 aromatic rings. The fourth-order valence-corrected chi connectivity index (χ4v) is 1.99. The number of aliphatic hydroxyl groups is 1. The van der Waals surface area contributed by atoms with Crippen LogP contribution in [0.4, 0.5) is 5.69 Å². The Morgan fingerprint density at radius 2 is 1.76 bits per heavy atom. The lowest BCUT2D eigenvalue weighted by Crippen LogP contribution is -2.12. The summed E-state index contributed by atoms with van der Waals surface area (Å²) in [5, 5.41) is 20.5. The number of rotatable bonds is 4. The van der Waals surface area contributed by atoms with E-state index in [0.29, 0.717) is 16.8 Å². The molecule has 0 bridgehead atoms. The molecule has 0 atom stereocenters. The number of carboxylic acids is 1. The molecule has 0 unspecified atom stereocenters. The number of amides is 1. The van der Waals surface area contributed by atoms with Crippen LogP contribution in [0.1, 0.15) is 26.3 Å². The molecule has 0 aliphatic heterocycles. The van der Waals surface area contributed by atoms with Gasteiger partial charge in [-0.2, -0.15) is 0 Å². The van der Waals surface area contributed by atoms with Crippen molar-refractivity contribution in [3.05, 3.63) is 64.2 Å². The highest BCUT2D eigenvalue weighted by atomic mass is 35.5. The minimum Gasteiger partial charge on any atom is -0.478 e. The largest absolute Gasteiger partial charge is 0.478 e. The second kappa shape index (κ2) is 6.39. The van der Waals surface area contributed by atoms with Gasteiger partial charge in [0.15, 0.2) is 0 Å². The number of hydrogen-bond donors (Lipinski definition) is 3. The molecule has 108 valence electrons. The number of halogens is 1. The third kappa shape index (κ3) is 3.59. The predicted octanol–water partition coefficient (Wildman–Crippen LogP) is 2.78. The Balaban J connectivity index is 2.15. The van der Waals surface area contributed by atoms with Crippen molar-refractivity contribution < 1.29 is 19.8 Å². The summed E-state index contributed by atoms with van der Waals surface area (Å²) < 4.78 is 0. The van der Waals surface area contributed by atoms with Gasteiger partial charge in [-0.3, -0.25) is 4.79 Å². The van der Waals surface area contributed by atoms with Crippen LogP contribution in [0.15, 0.2) is 42.5 Å². The summed E-state index contributed by atoms with van der Waals surface area (Å²) in [5.41, 5.74) is 1.51. The Morgan fingerprint density at radius 1 is 1.10 bits per heavy atom. The van der Waals surface area contributed by atoms with Crippen LogP contribution in [0.25, 0.3) is 0 Å².